The van der Waals surface area contributed by atoms with Crippen molar-refractivity contribution in [1.29, 1.82) is 0 Å². The Hall–Kier alpha value is -3.27. The van der Waals surface area contributed by atoms with Gasteiger partial charge in [0.1, 0.15) is 5.69 Å². The molecule has 9 heteroatoms. The van der Waals surface area contributed by atoms with Gasteiger partial charge in [-0.3, -0.25) is 19.1 Å². The Kier molecular flexibility index (Phi) is 5.29. The van der Waals surface area contributed by atoms with Crippen LogP contribution in [0.4, 0.5) is 5.69 Å². The van der Waals surface area contributed by atoms with Crippen molar-refractivity contribution in [2.75, 3.05) is 23.5 Å². The Balaban J connectivity index is 1.29. The van der Waals surface area contributed by atoms with Crippen molar-refractivity contribution >= 4 is 50.7 Å². The largest absolute Gasteiger partial charge is 0.320 e. The quantitative estimate of drug-likeness (QED) is 0.397. The smallest absolute Gasteiger partial charge is 0.275 e. The highest BCUT2D eigenvalue weighted by atomic mass is 32.2. The van der Waals surface area contributed by atoms with Crippen LogP contribution in [0.1, 0.15) is 16.2 Å². The zero-order valence-electron chi connectivity index (χ0n) is 17.6. The van der Waals surface area contributed by atoms with Crippen LogP contribution in [0, 0.1) is 0 Å². The molecule has 1 fully saturated rings. The molecular weight excluding hydrogens is 452 g/mol. The molecule has 0 atom stereocenters. The number of thiazole rings is 1. The third-order valence-electron chi connectivity index (χ3n) is 5.63. The van der Waals surface area contributed by atoms with E-state index in [1.807, 2.05) is 60.3 Å². The summed E-state index contributed by atoms with van der Waals surface area (Å²) in [6.45, 7) is 2.04. The molecule has 1 aliphatic rings. The number of fused-ring (bicyclic) bond motifs is 2. The molecule has 2 aromatic carbocycles. The van der Waals surface area contributed by atoms with Crippen molar-refractivity contribution in [2.45, 2.75) is 6.54 Å². The summed E-state index contributed by atoms with van der Waals surface area (Å²) in [5.74, 6) is 1.97. The van der Waals surface area contributed by atoms with Crippen molar-refractivity contribution < 1.29 is 4.79 Å². The molecule has 3 aromatic heterocycles. The molecule has 1 N–H and O–H groups in total. The molecule has 1 amide bonds. The van der Waals surface area contributed by atoms with Gasteiger partial charge in [0.25, 0.3) is 5.91 Å². The Morgan fingerprint density at radius 1 is 1.06 bits per heavy atom. The number of para-hydroxylation sites is 3. The second kappa shape index (κ2) is 8.58. The average Bonchev–Trinajstić information content (AvgIpc) is 3.58. The normalized spacial score (nSPS) is 14.3. The molecule has 0 aliphatic carbocycles. The SMILES string of the molecule is O=C(Nc1ccccc1-c1cn2c(CN3CCSC3)csc2n1)c1cnc2ccccc2n1. The van der Waals surface area contributed by atoms with E-state index in [0.717, 1.165) is 40.7 Å². The van der Waals surface area contributed by atoms with Crippen molar-refractivity contribution in [3.63, 3.8) is 0 Å². The Morgan fingerprint density at radius 3 is 2.79 bits per heavy atom. The molecule has 4 heterocycles. The third kappa shape index (κ3) is 3.99. The Morgan fingerprint density at radius 2 is 1.91 bits per heavy atom. The summed E-state index contributed by atoms with van der Waals surface area (Å²) < 4.78 is 2.16. The van der Waals surface area contributed by atoms with Gasteiger partial charge in [-0.05, 0) is 18.2 Å². The van der Waals surface area contributed by atoms with Crippen LogP contribution in [0.5, 0.6) is 0 Å². The number of imidazole rings is 1. The molecule has 1 saturated heterocycles. The summed E-state index contributed by atoms with van der Waals surface area (Å²) in [6, 6.07) is 15.2. The van der Waals surface area contributed by atoms with E-state index < -0.39 is 0 Å². The molecule has 0 unspecified atom stereocenters. The minimum absolute atomic E-state index is 0.278. The minimum atomic E-state index is -0.297. The highest BCUT2D eigenvalue weighted by Crippen LogP contribution is 2.30. The van der Waals surface area contributed by atoms with E-state index in [1.54, 1.807) is 11.3 Å². The lowest BCUT2D eigenvalue weighted by Crippen LogP contribution is -2.19. The van der Waals surface area contributed by atoms with Crippen LogP contribution in [0.3, 0.4) is 0 Å². The number of carbonyl (C=O) groups excluding carboxylic acids is 1. The van der Waals surface area contributed by atoms with Crippen LogP contribution in [-0.4, -0.2) is 48.3 Å². The van der Waals surface area contributed by atoms with E-state index in [-0.39, 0.29) is 11.6 Å². The van der Waals surface area contributed by atoms with E-state index in [9.17, 15) is 4.79 Å². The van der Waals surface area contributed by atoms with Crippen molar-refractivity contribution in [1.82, 2.24) is 24.3 Å². The molecule has 6 rings (SSSR count). The summed E-state index contributed by atoms with van der Waals surface area (Å²) in [5, 5.41) is 5.18. The zero-order valence-corrected chi connectivity index (χ0v) is 19.3. The van der Waals surface area contributed by atoms with Gasteiger partial charge in [-0.1, -0.05) is 30.3 Å². The lowest BCUT2D eigenvalue weighted by atomic mass is 10.1. The number of anilines is 1. The van der Waals surface area contributed by atoms with Crippen LogP contribution in [0.15, 0.2) is 66.3 Å². The maximum Gasteiger partial charge on any atom is 0.275 e. The molecular formula is C24H20N6OS2. The van der Waals surface area contributed by atoms with E-state index in [1.165, 1.54) is 17.6 Å². The summed E-state index contributed by atoms with van der Waals surface area (Å²) in [5.41, 5.74) is 5.37. The van der Waals surface area contributed by atoms with Crippen LogP contribution >= 0.6 is 23.1 Å². The fourth-order valence-electron chi connectivity index (χ4n) is 3.95. The van der Waals surface area contributed by atoms with Gasteiger partial charge < -0.3 is 5.32 Å². The summed E-state index contributed by atoms with van der Waals surface area (Å²) >= 11 is 3.62. The van der Waals surface area contributed by atoms with Gasteiger partial charge in [-0.25, -0.2) is 9.97 Å². The van der Waals surface area contributed by atoms with Crippen molar-refractivity contribution in [2.24, 2.45) is 0 Å². The van der Waals surface area contributed by atoms with Gasteiger partial charge in [-0.15, -0.1) is 23.1 Å². The Bertz CT molecular complexity index is 1470. The number of nitrogens with zero attached hydrogens (tertiary/aromatic N) is 5. The molecule has 164 valence electrons. The van der Waals surface area contributed by atoms with Gasteiger partial charge >= 0.3 is 0 Å². The predicted molar refractivity (Wildman–Crippen MR) is 134 cm³/mol. The number of benzene rings is 2. The molecule has 0 saturated carbocycles. The van der Waals surface area contributed by atoms with E-state index >= 15 is 0 Å². The molecule has 33 heavy (non-hydrogen) atoms. The lowest BCUT2D eigenvalue weighted by Gasteiger charge is -2.12. The van der Waals surface area contributed by atoms with E-state index in [2.05, 4.69) is 36.2 Å². The van der Waals surface area contributed by atoms with Crippen LogP contribution < -0.4 is 5.32 Å². The first-order valence-corrected chi connectivity index (χ1v) is 12.7. The molecule has 1 aliphatic heterocycles. The summed E-state index contributed by atoms with van der Waals surface area (Å²) in [7, 11) is 0. The maximum atomic E-state index is 13.0. The maximum absolute atomic E-state index is 13.0. The number of aromatic nitrogens is 4. The number of rotatable bonds is 5. The second-order valence-electron chi connectivity index (χ2n) is 7.84. The van der Waals surface area contributed by atoms with Gasteiger partial charge in [0, 0.05) is 47.6 Å². The molecule has 0 bridgehead atoms. The molecule has 0 radical (unpaired) electrons. The molecule has 7 nitrogen and oxygen atoms in total. The van der Waals surface area contributed by atoms with Crippen LogP contribution in [0.2, 0.25) is 0 Å². The summed E-state index contributed by atoms with van der Waals surface area (Å²) in [4.78, 5) is 30.0. The first-order chi connectivity index (χ1) is 16.2. The summed E-state index contributed by atoms with van der Waals surface area (Å²) in [6.07, 6.45) is 3.57. The number of nitrogens with one attached hydrogen (secondary N) is 1. The third-order valence-corrected chi connectivity index (χ3v) is 7.53. The van der Waals surface area contributed by atoms with Gasteiger partial charge in [0.2, 0.25) is 0 Å². The van der Waals surface area contributed by atoms with Crippen molar-refractivity contribution in [3.05, 3.63) is 77.7 Å². The first-order valence-electron chi connectivity index (χ1n) is 10.6. The molecule has 5 aromatic rings. The topological polar surface area (TPSA) is 75.4 Å². The van der Waals surface area contributed by atoms with E-state index in [0.29, 0.717) is 11.2 Å². The Labute approximate surface area is 198 Å². The number of amides is 1. The number of thioether (sulfide) groups is 1. The van der Waals surface area contributed by atoms with Crippen LogP contribution in [-0.2, 0) is 6.54 Å². The average molecular weight is 473 g/mol. The van der Waals surface area contributed by atoms with Gasteiger partial charge in [0.05, 0.1) is 28.6 Å². The van der Waals surface area contributed by atoms with Crippen molar-refractivity contribution in [3.8, 4) is 11.3 Å². The first kappa shape index (κ1) is 20.3. The van der Waals surface area contributed by atoms with E-state index in [4.69, 9.17) is 4.98 Å². The predicted octanol–water partition coefficient (Wildman–Crippen LogP) is 4.76. The van der Waals surface area contributed by atoms with Gasteiger partial charge in [-0.2, -0.15) is 0 Å². The fraction of sp³-hybridized carbons (Fsp3) is 0.167. The lowest BCUT2D eigenvalue weighted by molar-refractivity contribution is 0.102. The fourth-order valence-corrected chi connectivity index (χ4v) is 5.81. The number of carbonyl (C=O) groups is 1. The standard InChI is InChI=1S/C24H20N6OS2/c31-23(21-11-25-19-7-3-4-8-20(19)26-21)27-18-6-2-1-5-17(18)22-13-30-16(14-33-24(30)28-22)12-29-9-10-32-15-29/h1-8,11,13-14H,9-10,12,15H2,(H,27,31). The zero-order chi connectivity index (χ0) is 22.2. The highest BCUT2D eigenvalue weighted by molar-refractivity contribution is 7.99. The van der Waals surface area contributed by atoms with Gasteiger partial charge in [0.15, 0.2) is 4.96 Å². The number of hydrogen-bond donors (Lipinski definition) is 1. The minimum Gasteiger partial charge on any atom is -0.320 e. The number of hydrogen-bond acceptors (Lipinski definition) is 7. The highest BCUT2D eigenvalue weighted by Gasteiger charge is 2.18. The van der Waals surface area contributed by atoms with Crippen LogP contribution in [0.25, 0.3) is 27.3 Å². The monoisotopic (exact) mass is 472 g/mol. The molecule has 0 spiro atoms. The second-order valence-corrected chi connectivity index (χ2v) is 9.75.